The molecule has 2 fully saturated rings. The van der Waals surface area contributed by atoms with E-state index < -0.39 is 35.6 Å². The number of likely N-dealkylation sites (tertiary alicyclic amines) is 1. The average Bonchev–Trinajstić information content (AvgIpc) is 3.58. The van der Waals surface area contributed by atoms with Gasteiger partial charge in [0.05, 0.1) is 23.0 Å². The smallest absolute Gasteiger partial charge is 0.269 e. The first-order chi connectivity index (χ1) is 18.2. The number of nitrogens with zero attached hydrogens (tertiary/aromatic N) is 3. The van der Waals surface area contributed by atoms with Crippen molar-refractivity contribution in [3.05, 3.63) is 64.6 Å². The molecule has 1 saturated carbocycles. The molecule has 0 radical (unpaired) electrons. The number of carbonyl (C=O) groups is 4. The third-order valence-corrected chi connectivity index (χ3v) is 7.69. The van der Waals surface area contributed by atoms with Crippen LogP contribution in [0.3, 0.4) is 0 Å². The van der Waals surface area contributed by atoms with E-state index in [4.69, 9.17) is 23.1 Å². The van der Waals surface area contributed by atoms with Crippen LogP contribution >= 0.6 is 11.6 Å². The number of hydrogen-bond acceptors (Lipinski definition) is 5. The SMILES string of the molecule is NC(=O)CC(NC(=O)[C@@H]1[C@H]2CC[C@H](C2)N1C(=O)Cn1nc(C(N)=O)c2ccccc21)c1cccc(Cl)c1F. The normalized spacial score (nSPS) is 21.0. The molecule has 38 heavy (non-hydrogen) atoms. The van der Waals surface area contributed by atoms with E-state index in [1.54, 1.807) is 29.2 Å². The maximum atomic E-state index is 14.8. The van der Waals surface area contributed by atoms with Crippen LogP contribution in [0.25, 0.3) is 10.9 Å². The van der Waals surface area contributed by atoms with Gasteiger partial charge in [0, 0.05) is 17.0 Å². The van der Waals surface area contributed by atoms with Gasteiger partial charge in [-0.3, -0.25) is 23.9 Å². The largest absolute Gasteiger partial charge is 0.370 e. The van der Waals surface area contributed by atoms with Gasteiger partial charge in [0.1, 0.15) is 18.4 Å². The first-order valence-electron chi connectivity index (χ1n) is 12.2. The van der Waals surface area contributed by atoms with Crippen LogP contribution in [0.1, 0.15) is 47.8 Å². The minimum absolute atomic E-state index is 0.0349. The van der Waals surface area contributed by atoms with Gasteiger partial charge >= 0.3 is 0 Å². The molecule has 1 unspecified atom stereocenters. The Labute approximate surface area is 222 Å². The van der Waals surface area contributed by atoms with Crippen molar-refractivity contribution in [2.75, 3.05) is 0 Å². The maximum Gasteiger partial charge on any atom is 0.269 e. The zero-order valence-electron chi connectivity index (χ0n) is 20.3. The highest BCUT2D eigenvalue weighted by Crippen LogP contribution is 2.43. The summed E-state index contributed by atoms with van der Waals surface area (Å²) in [6.07, 6.45) is 1.82. The van der Waals surface area contributed by atoms with Crippen molar-refractivity contribution < 1.29 is 23.6 Å². The van der Waals surface area contributed by atoms with Crippen molar-refractivity contribution in [3.63, 3.8) is 0 Å². The number of halogens is 2. The Morgan fingerprint density at radius 3 is 2.61 bits per heavy atom. The quantitative estimate of drug-likeness (QED) is 0.399. The van der Waals surface area contributed by atoms with Crippen LogP contribution in [0, 0.1) is 11.7 Å². The first-order valence-corrected chi connectivity index (χ1v) is 12.6. The zero-order chi connectivity index (χ0) is 27.1. The molecule has 5 rings (SSSR count). The Hall–Kier alpha value is -3.99. The lowest BCUT2D eigenvalue weighted by Gasteiger charge is -2.35. The molecule has 198 valence electrons. The Morgan fingerprint density at radius 1 is 1.11 bits per heavy atom. The van der Waals surface area contributed by atoms with Crippen molar-refractivity contribution in [2.24, 2.45) is 17.4 Å². The number of aromatic nitrogens is 2. The van der Waals surface area contributed by atoms with Crippen LogP contribution in [0.4, 0.5) is 4.39 Å². The molecule has 2 bridgehead atoms. The Balaban J connectivity index is 1.41. The van der Waals surface area contributed by atoms with Crippen LogP contribution in [-0.2, 0) is 20.9 Å². The predicted octanol–water partition coefficient (Wildman–Crippen LogP) is 2.04. The highest BCUT2D eigenvalue weighted by Gasteiger charge is 2.51. The third kappa shape index (κ3) is 4.58. The minimum atomic E-state index is -1.05. The summed E-state index contributed by atoms with van der Waals surface area (Å²) in [6.45, 7) is -0.200. The van der Waals surface area contributed by atoms with E-state index in [-0.39, 0.29) is 47.1 Å². The van der Waals surface area contributed by atoms with Crippen LogP contribution in [0.5, 0.6) is 0 Å². The number of carbonyl (C=O) groups excluding carboxylic acids is 4. The number of nitrogens with two attached hydrogens (primary N) is 2. The second-order valence-electron chi connectivity index (χ2n) is 9.74. The van der Waals surface area contributed by atoms with Gasteiger partial charge in [0.15, 0.2) is 5.69 Å². The fourth-order valence-corrected chi connectivity index (χ4v) is 5.99. The second kappa shape index (κ2) is 10.1. The van der Waals surface area contributed by atoms with Crippen molar-refractivity contribution in [1.29, 1.82) is 0 Å². The van der Waals surface area contributed by atoms with E-state index in [1.807, 2.05) is 0 Å². The molecule has 1 aliphatic heterocycles. The van der Waals surface area contributed by atoms with Crippen molar-refractivity contribution >= 4 is 46.1 Å². The molecular formula is C26H26ClFN6O4. The molecule has 3 aromatic rings. The van der Waals surface area contributed by atoms with Gasteiger partial charge in [-0.15, -0.1) is 0 Å². The van der Waals surface area contributed by atoms with Gasteiger partial charge in [-0.1, -0.05) is 41.9 Å². The zero-order valence-corrected chi connectivity index (χ0v) is 21.0. The van der Waals surface area contributed by atoms with E-state index in [0.717, 1.165) is 12.8 Å². The summed E-state index contributed by atoms with van der Waals surface area (Å²) in [6, 6.07) is 9.24. The van der Waals surface area contributed by atoms with Gasteiger partial charge in [-0.25, -0.2) is 4.39 Å². The van der Waals surface area contributed by atoms with E-state index in [0.29, 0.717) is 17.3 Å². The average molecular weight is 541 g/mol. The van der Waals surface area contributed by atoms with Gasteiger partial charge in [0.25, 0.3) is 5.91 Å². The lowest BCUT2D eigenvalue weighted by molar-refractivity contribution is -0.143. The summed E-state index contributed by atoms with van der Waals surface area (Å²) in [7, 11) is 0. The highest BCUT2D eigenvalue weighted by atomic mass is 35.5. The molecule has 1 saturated heterocycles. The monoisotopic (exact) mass is 540 g/mol. The third-order valence-electron chi connectivity index (χ3n) is 7.40. The van der Waals surface area contributed by atoms with Crippen molar-refractivity contribution in [1.82, 2.24) is 20.0 Å². The van der Waals surface area contributed by atoms with E-state index in [2.05, 4.69) is 10.4 Å². The number of amides is 4. The molecule has 4 amide bonds. The summed E-state index contributed by atoms with van der Waals surface area (Å²) >= 11 is 5.92. The van der Waals surface area contributed by atoms with Gasteiger partial charge in [-0.2, -0.15) is 5.10 Å². The summed E-state index contributed by atoms with van der Waals surface area (Å²) in [5, 5.41) is 7.38. The predicted molar refractivity (Wildman–Crippen MR) is 136 cm³/mol. The molecule has 12 heteroatoms. The fourth-order valence-electron chi connectivity index (χ4n) is 5.81. The number of fused-ring (bicyclic) bond motifs is 3. The maximum absolute atomic E-state index is 14.8. The number of piperidine rings is 1. The first kappa shape index (κ1) is 25.7. The van der Waals surface area contributed by atoms with Crippen LogP contribution in [0.15, 0.2) is 42.5 Å². The summed E-state index contributed by atoms with van der Waals surface area (Å²) in [4.78, 5) is 52.4. The highest BCUT2D eigenvalue weighted by molar-refractivity contribution is 6.30. The number of hydrogen-bond donors (Lipinski definition) is 3. The molecular weight excluding hydrogens is 515 g/mol. The molecule has 5 N–H and O–H groups in total. The molecule has 2 heterocycles. The Morgan fingerprint density at radius 2 is 1.87 bits per heavy atom. The standard InChI is InChI=1S/C26H26ClFN6O4/c27-17-6-3-5-15(22(17)28)18(11-20(29)35)31-26(38)24-13-8-9-14(10-13)34(24)21(36)12-33-19-7-2-1-4-16(19)23(32-33)25(30)37/h1-7,13-14,18,24H,8-12H2,(H2,29,35)(H2,30,37)(H,31,38)/t13-,14+,18?,24-/m0/s1. The van der Waals surface area contributed by atoms with E-state index >= 15 is 0 Å². The van der Waals surface area contributed by atoms with E-state index in [9.17, 15) is 23.6 Å². The molecule has 4 atom stereocenters. The van der Waals surface area contributed by atoms with Gasteiger partial charge in [-0.05, 0) is 37.3 Å². The fraction of sp³-hybridized carbons (Fsp3) is 0.346. The molecule has 1 aromatic heterocycles. The number of nitrogens with one attached hydrogen (secondary N) is 1. The molecule has 2 aliphatic rings. The van der Waals surface area contributed by atoms with Gasteiger partial charge in [0.2, 0.25) is 17.7 Å². The minimum Gasteiger partial charge on any atom is -0.370 e. The molecule has 1 aliphatic carbocycles. The van der Waals surface area contributed by atoms with Crippen molar-refractivity contribution in [2.45, 2.75) is 50.4 Å². The number of para-hydroxylation sites is 1. The van der Waals surface area contributed by atoms with Crippen molar-refractivity contribution in [3.8, 4) is 0 Å². The number of rotatable bonds is 8. The molecule has 2 aromatic carbocycles. The second-order valence-corrected chi connectivity index (χ2v) is 10.1. The summed E-state index contributed by atoms with van der Waals surface area (Å²) in [5.41, 5.74) is 11.5. The molecule has 0 spiro atoms. The van der Waals surface area contributed by atoms with Crippen LogP contribution in [-0.4, -0.2) is 50.4 Å². The van der Waals surface area contributed by atoms with Gasteiger partial charge < -0.3 is 21.7 Å². The lowest BCUT2D eigenvalue weighted by Crippen LogP contribution is -2.54. The Bertz CT molecular complexity index is 1460. The summed E-state index contributed by atoms with van der Waals surface area (Å²) < 4.78 is 16.2. The number of benzene rings is 2. The van der Waals surface area contributed by atoms with Crippen LogP contribution in [0.2, 0.25) is 5.02 Å². The van der Waals surface area contributed by atoms with Crippen LogP contribution < -0.4 is 16.8 Å². The lowest BCUT2D eigenvalue weighted by atomic mass is 9.96. The van der Waals surface area contributed by atoms with E-state index in [1.165, 1.54) is 22.9 Å². The molecule has 10 nitrogen and oxygen atoms in total. The number of primary amides is 2. The topological polar surface area (TPSA) is 153 Å². The summed E-state index contributed by atoms with van der Waals surface area (Å²) in [5.74, 6) is -3.12. The Kier molecular flexibility index (Phi) is 6.78.